The van der Waals surface area contributed by atoms with Crippen LogP contribution in [0.1, 0.15) is 51.6 Å². The van der Waals surface area contributed by atoms with E-state index in [1.54, 1.807) is 0 Å². The second-order valence-electron chi connectivity index (χ2n) is 6.73. The Morgan fingerprint density at radius 1 is 0.615 bits per heavy atom. The molecule has 6 heteroatoms. The van der Waals surface area contributed by atoms with Crippen LogP contribution in [0.25, 0.3) is 22.1 Å². The van der Waals surface area contributed by atoms with E-state index in [1.165, 1.54) is 0 Å². The van der Waals surface area contributed by atoms with E-state index in [2.05, 4.69) is 13.8 Å². The lowest BCUT2D eigenvalue weighted by Crippen LogP contribution is -2.26. The topological polar surface area (TPSA) is 61.4 Å². The first-order valence-corrected chi connectivity index (χ1v) is 9.43. The second kappa shape index (κ2) is 7.23. The highest BCUT2D eigenvalue weighted by atomic mass is 15.5. The third-order valence-corrected chi connectivity index (χ3v) is 4.81. The highest BCUT2D eigenvalue weighted by Crippen LogP contribution is 2.31. The van der Waals surface area contributed by atoms with E-state index in [4.69, 9.17) is 20.4 Å². The van der Waals surface area contributed by atoms with Crippen molar-refractivity contribution in [2.45, 2.75) is 51.6 Å². The van der Waals surface area contributed by atoms with Gasteiger partial charge in [0, 0.05) is 0 Å². The van der Waals surface area contributed by atoms with Crippen LogP contribution in [0.4, 0.5) is 0 Å². The molecule has 0 aliphatic carbocycles. The van der Waals surface area contributed by atoms with Gasteiger partial charge in [0.05, 0.1) is 12.1 Å². The van der Waals surface area contributed by atoms with E-state index in [1.807, 2.05) is 58.1 Å². The van der Waals surface area contributed by atoms with E-state index >= 15 is 0 Å². The maximum absolute atomic E-state index is 4.75. The molecule has 2 heterocycles. The molecule has 0 N–H and O–H groups in total. The van der Waals surface area contributed by atoms with Crippen molar-refractivity contribution in [3.63, 3.8) is 0 Å². The number of nitrogens with zero attached hydrogens (tertiary/aromatic N) is 6. The van der Waals surface area contributed by atoms with Crippen molar-refractivity contribution in [1.29, 1.82) is 0 Å². The summed E-state index contributed by atoms with van der Waals surface area (Å²) < 4.78 is 0. The summed E-state index contributed by atoms with van der Waals surface area (Å²) in [6, 6.07) is 16.3. The lowest BCUT2D eigenvalue weighted by atomic mass is 10.00. The molecular weight excluding hydrogens is 324 g/mol. The SMILES string of the molecule is CCC[C@H]([C@@H](CCC)n1nc2ccccc2n1)n1nc2ccccc2n1. The standard InChI is InChI=1S/C20H24N6/c1-3-9-19(25-21-15-11-5-6-12-16(15)22-25)20(10-4-2)26-23-17-13-7-8-14-18(17)24-26/h5-8,11-14,19-20H,3-4,9-10H2,1-2H3/t19-,20-/m1/s1. The monoisotopic (exact) mass is 348 g/mol. The van der Waals surface area contributed by atoms with Crippen molar-refractivity contribution < 1.29 is 0 Å². The summed E-state index contributed by atoms with van der Waals surface area (Å²) in [4.78, 5) is 3.78. The van der Waals surface area contributed by atoms with Gasteiger partial charge in [-0.25, -0.2) is 0 Å². The predicted molar refractivity (Wildman–Crippen MR) is 103 cm³/mol. The average molecular weight is 348 g/mol. The van der Waals surface area contributed by atoms with E-state index in [-0.39, 0.29) is 12.1 Å². The third kappa shape index (κ3) is 3.07. The van der Waals surface area contributed by atoms with Crippen LogP contribution in [0.5, 0.6) is 0 Å². The van der Waals surface area contributed by atoms with Crippen molar-refractivity contribution in [3.8, 4) is 0 Å². The van der Waals surface area contributed by atoms with Crippen LogP contribution in [0, 0.1) is 0 Å². The minimum absolute atomic E-state index is 0.133. The van der Waals surface area contributed by atoms with Crippen LogP contribution in [0.3, 0.4) is 0 Å². The number of fused-ring (bicyclic) bond motifs is 2. The van der Waals surface area contributed by atoms with Gasteiger partial charge in [0.25, 0.3) is 0 Å². The molecule has 0 amide bonds. The Morgan fingerprint density at radius 3 is 1.19 bits per heavy atom. The van der Waals surface area contributed by atoms with Gasteiger partial charge in [-0.2, -0.15) is 30.0 Å². The first kappa shape index (κ1) is 16.7. The quantitative estimate of drug-likeness (QED) is 0.491. The van der Waals surface area contributed by atoms with Gasteiger partial charge in [-0.1, -0.05) is 51.0 Å². The van der Waals surface area contributed by atoms with Crippen molar-refractivity contribution in [3.05, 3.63) is 48.5 Å². The molecule has 0 aliphatic rings. The van der Waals surface area contributed by atoms with Gasteiger partial charge in [-0.15, -0.1) is 0 Å². The molecule has 4 rings (SSSR count). The summed E-state index contributed by atoms with van der Waals surface area (Å²) in [6.07, 6.45) is 4.10. The Morgan fingerprint density at radius 2 is 0.923 bits per heavy atom. The van der Waals surface area contributed by atoms with Gasteiger partial charge in [-0.3, -0.25) is 0 Å². The molecule has 0 saturated heterocycles. The second-order valence-corrected chi connectivity index (χ2v) is 6.73. The summed E-state index contributed by atoms with van der Waals surface area (Å²) in [5, 5.41) is 19.0. The van der Waals surface area contributed by atoms with Crippen molar-refractivity contribution >= 4 is 22.1 Å². The maximum Gasteiger partial charge on any atom is 0.113 e. The summed E-state index contributed by atoms with van der Waals surface area (Å²) in [7, 11) is 0. The largest absolute Gasteiger partial charge is 0.178 e. The van der Waals surface area contributed by atoms with Gasteiger partial charge >= 0.3 is 0 Å². The first-order chi connectivity index (χ1) is 12.8. The number of hydrogen-bond acceptors (Lipinski definition) is 4. The smallest absolute Gasteiger partial charge is 0.113 e. The van der Waals surface area contributed by atoms with Crippen LogP contribution in [0.15, 0.2) is 48.5 Å². The molecule has 2 aromatic heterocycles. The molecule has 26 heavy (non-hydrogen) atoms. The van der Waals surface area contributed by atoms with Crippen LogP contribution < -0.4 is 0 Å². The molecule has 0 spiro atoms. The molecule has 0 fully saturated rings. The van der Waals surface area contributed by atoms with E-state index in [0.717, 1.165) is 47.8 Å². The molecule has 0 aliphatic heterocycles. The number of rotatable bonds is 7. The molecular formula is C20H24N6. The van der Waals surface area contributed by atoms with Gasteiger partial charge in [0.15, 0.2) is 0 Å². The van der Waals surface area contributed by atoms with E-state index in [0.29, 0.717) is 0 Å². The third-order valence-electron chi connectivity index (χ3n) is 4.81. The van der Waals surface area contributed by atoms with Crippen LogP contribution in [-0.4, -0.2) is 30.0 Å². The number of aromatic nitrogens is 6. The summed E-state index contributed by atoms with van der Waals surface area (Å²) in [5.41, 5.74) is 3.73. The van der Waals surface area contributed by atoms with Crippen molar-refractivity contribution in [1.82, 2.24) is 30.0 Å². The zero-order chi connectivity index (χ0) is 17.9. The van der Waals surface area contributed by atoms with Crippen molar-refractivity contribution in [2.24, 2.45) is 0 Å². The fourth-order valence-corrected chi connectivity index (χ4v) is 3.56. The fraction of sp³-hybridized carbons (Fsp3) is 0.400. The van der Waals surface area contributed by atoms with E-state index < -0.39 is 0 Å². The Kier molecular flexibility index (Phi) is 4.65. The minimum atomic E-state index is 0.133. The zero-order valence-electron chi connectivity index (χ0n) is 15.3. The van der Waals surface area contributed by atoms with Gasteiger partial charge in [0.2, 0.25) is 0 Å². The van der Waals surface area contributed by atoms with Crippen LogP contribution >= 0.6 is 0 Å². The Hall–Kier alpha value is -2.76. The average Bonchev–Trinajstić information content (AvgIpc) is 3.28. The highest BCUT2D eigenvalue weighted by Gasteiger charge is 2.27. The lowest BCUT2D eigenvalue weighted by molar-refractivity contribution is 0.218. The minimum Gasteiger partial charge on any atom is -0.178 e. The predicted octanol–water partition coefficient (Wildman–Crippen LogP) is 4.56. The molecule has 134 valence electrons. The molecule has 2 atom stereocenters. The van der Waals surface area contributed by atoms with Crippen LogP contribution in [-0.2, 0) is 0 Å². The van der Waals surface area contributed by atoms with Gasteiger partial charge in [-0.05, 0) is 37.1 Å². The Bertz CT molecular complexity index is 854. The zero-order valence-corrected chi connectivity index (χ0v) is 15.3. The van der Waals surface area contributed by atoms with Gasteiger partial charge < -0.3 is 0 Å². The Balaban J connectivity index is 1.77. The molecule has 0 saturated carbocycles. The maximum atomic E-state index is 4.75. The molecule has 0 unspecified atom stereocenters. The molecule has 6 nitrogen and oxygen atoms in total. The fourth-order valence-electron chi connectivity index (χ4n) is 3.56. The molecule has 0 radical (unpaired) electrons. The highest BCUT2D eigenvalue weighted by molar-refractivity contribution is 5.73. The lowest BCUT2D eigenvalue weighted by Gasteiger charge is -2.25. The van der Waals surface area contributed by atoms with Crippen molar-refractivity contribution in [2.75, 3.05) is 0 Å². The summed E-state index contributed by atoms with van der Waals surface area (Å²) in [6.45, 7) is 4.40. The normalized spacial score (nSPS) is 14.1. The van der Waals surface area contributed by atoms with Crippen LogP contribution in [0.2, 0.25) is 0 Å². The molecule has 0 bridgehead atoms. The van der Waals surface area contributed by atoms with E-state index in [9.17, 15) is 0 Å². The van der Waals surface area contributed by atoms with Gasteiger partial charge in [0.1, 0.15) is 22.1 Å². The summed E-state index contributed by atoms with van der Waals surface area (Å²) in [5.74, 6) is 0. The molecule has 2 aromatic carbocycles. The first-order valence-electron chi connectivity index (χ1n) is 9.43. The Labute approximate surface area is 152 Å². The molecule has 4 aromatic rings. The summed E-state index contributed by atoms with van der Waals surface area (Å²) >= 11 is 0. The number of hydrogen-bond donors (Lipinski definition) is 0. The number of benzene rings is 2.